The molecule has 0 aliphatic carbocycles. The second-order valence-electron chi connectivity index (χ2n) is 3.84. The van der Waals surface area contributed by atoms with Crippen LogP contribution in [0.3, 0.4) is 0 Å². The molecule has 0 saturated carbocycles. The number of pyridine rings is 1. The second-order valence-corrected chi connectivity index (χ2v) is 4.76. The predicted octanol–water partition coefficient (Wildman–Crippen LogP) is 3.05. The van der Waals surface area contributed by atoms with Crippen LogP contribution < -0.4 is 5.43 Å². The van der Waals surface area contributed by atoms with Gasteiger partial charge >= 0.3 is 5.69 Å². The van der Waals surface area contributed by atoms with Crippen LogP contribution in [-0.4, -0.2) is 14.6 Å². The van der Waals surface area contributed by atoms with Gasteiger partial charge in [0.2, 0.25) is 5.82 Å². The summed E-state index contributed by atoms with van der Waals surface area (Å²) in [5.74, 6) is 0.214. The molecule has 0 fully saturated rings. The van der Waals surface area contributed by atoms with Gasteiger partial charge in [0.1, 0.15) is 0 Å². The molecular weight excluding hydrogens is 300 g/mol. The SMILES string of the molecule is Cc1ccc(C)n1Nc1ncc(Br)cc1[N+](=O)[O-]. The van der Waals surface area contributed by atoms with Gasteiger partial charge in [0.15, 0.2) is 0 Å². The molecule has 1 N–H and O–H groups in total. The standard InChI is InChI=1S/C11H11BrN4O2/c1-7-3-4-8(2)15(7)14-11-10(16(17)18)5-9(12)6-13-11/h3-6H,1-2H3,(H,13,14). The van der Waals surface area contributed by atoms with Crippen molar-refractivity contribution in [1.29, 1.82) is 0 Å². The fourth-order valence-electron chi connectivity index (χ4n) is 1.60. The molecule has 0 spiro atoms. The van der Waals surface area contributed by atoms with Gasteiger partial charge in [0.25, 0.3) is 0 Å². The van der Waals surface area contributed by atoms with Crippen molar-refractivity contribution in [2.24, 2.45) is 0 Å². The van der Waals surface area contributed by atoms with Gasteiger partial charge in [-0.25, -0.2) is 4.98 Å². The average Bonchev–Trinajstić information content (AvgIpc) is 2.62. The summed E-state index contributed by atoms with van der Waals surface area (Å²) >= 11 is 3.17. The van der Waals surface area contributed by atoms with E-state index in [1.54, 1.807) is 4.68 Å². The molecule has 0 aliphatic heterocycles. The van der Waals surface area contributed by atoms with E-state index < -0.39 is 4.92 Å². The highest BCUT2D eigenvalue weighted by Crippen LogP contribution is 2.25. The zero-order valence-electron chi connectivity index (χ0n) is 9.85. The minimum atomic E-state index is -0.464. The van der Waals surface area contributed by atoms with Crippen molar-refractivity contribution >= 4 is 27.4 Å². The largest absolute Gasteiger partial charge is 0.314 e. The first-order valence-corrected chi connectivity index (χ1v) is 6.00. The van der Waals surface area contributed by atoms with Gasteiger partial charge in [-0.05, 0) is 41.9 Å². The van der Waals surface area contributed by atoms with Crippen molar-refractivity contribution in [2.75, 3.05) is 5.43 Å². The number of rotatable bonds is 3. The minimum Gasteiger partial charge on any atom is -0.272 e. The molecule has 7 heteroatoms. The van der Waals surface area contributed by atoms with E-state index >= 15 is 0 Å². The minimum absolute atomic E-state index is 0.0723. The first-order chi connectivity index (χ1) is 8.49. The summed E-state index contributed by atoms with van der Waals surface area (Å²) in [5.41, 5.74) is 4.77. The van der Waals surface area contributed by atoms with Crippen LogP contribution in [0.25, 0.3) is 0 Å². The van der Waals surface area contributed by atoms with E-state index in [4.69, 9.17) is 0 Å². The van der Waals surface area contributed by atoms with E-state index in [1.165, 1.54) is 12.3 Å². The molecule has 0 unspecified atom stereocenters. The smallest absolute Gasteiger partial charge is 0.272 e. The molecule has 0 aliphatic rings. The van der Waals surface area contributed by atoms with Crippen molar-refractivity contribution in [2.45, 2.75) is 13.8 Å². The number of aromatic nitrogens is 2. The number of aryl methyl sites for hydroxylation is 2. The van der Waals surface area contributed by atoms with Crippen LogP contribution in [0.2, 0.25) is 0 Å². The van der Waals surface area contributed by atoms with Crippen molar-refractivity contribution in [3.8, 4) is 0 Å². The first-order valence-electron chi connectivity index (χ1n) is 5.21. The predicted molar refractivity (Wildman–Crippen MR) is 71.5 cm³/mol. The molecule has 2 heterocycles. The fraction of sp³-hybridized carbons (Fsp3) is 0.182. The Kier molecular flexibility index (Phi) is 3.33. The number of halogens is 1. The van der Waals surface area contributed by atoms with E-state index in [0.717, 1.165) is 11.4 Å². The molecule has 0 radical (unpaired) electrons. The lowest BCUT2D eigenvalue weighted by atomic mass is 10.4. The molecule has 2 aromatic heterocycles. The number of hydrogen-bond acceptors (Lipinski definition) is 4. The Bertz CT molecular complexity index is 590. The third kappa shape index (κ3) is 2.35. The number of hydrogen-bond donors (Lipinski definition) is 1. The lowest BCUT2D eigenvalue weighted by Gasteiger charge is -2.11. The topological polar surface area (TPSA) is 73.0 Å². The van der Waals surface area contributed by atoms with Crippen LogP contribution in [-0.2, 0) is 0 Å². The number of nitrogens with one attached hydrogen (secondary N) is 1. The summed E-state index contributed by atoms with van der Waals surface area (Å²) in [5, 5.41) is 11.0. The Balaban J connectivity index is 2.43. The lowest BCUT2D eigenvalue weighted by Crippen LogP contribution is -2.14. The molecule has 94 valence electrons. The summed E-state index contributed by atoms with van der Waals surface area (Å²) in [4.78, 5) is 14.5. The summed E-state index contributed by atoms with van der Waals surface area (Å²) in [7, 11) is 0. The molecule has 0 aromatic carbocycles. The Morgan fingerprint density at radius 1 is 1.39 bits per heavy atom. The molecule has 0 bridgehead atoms. The lowest BCUT2D eigenvalue weighted by molar-refractivity contribution is -0.384. The van der Waals surface area contributed by atoms with Crippen LogP contribution in [0.1, 0.15) is 11.4 Å². The zero-order chi connectivity index (χ0) is 13.3. The number of nitro groups is 1. The van der Waals surface area contributed by atoms with Gasteiger partial charge in [0, 0.05) is 28.1 Å². The molecule has 2 aromatic rings. The second kappa shape index (κ2) is 4.77. The maximum absolute atomic E-state index is 11.0. The van der Waals surface area contributed by atoms with Gasteiger partial charge in [-0.2, -0.15) is 0 Å². The molecule has 0 amide bonds. The van der Waals surface area contributed by atoms with E-state index in [-0.39, 0.29) is 11.5 Å². The normalized spacial score (nSPS) is 10.4. The van der Waals surface area contributed by atoms with Gasteiger partial charge in [-0.3, -0.25) is 20.2 Å². The monoisotopic (exact) mass is 310 g/mol. The van der Waals surface area contributed by atoms with Crippen LogP contribution in [0.15, 0.2) is 28.9 Å². The van der Waals surface area contributed by atoms with Crippen molar-refractivity contribution in [3.63, 3.8) is 0 Å². The molecule has 0 atom stereocenters. The molecule has 18 heavy (non-hydrogen) atoms. The molecule has 6 nitrogen and oxygen atoms in total. The maximum Gasteiger partial charge on any atom is 0.314 e. The van der Waals surface area contributed by atoms with Gasteiger partial charge in [-0.15, -0.1) is 0 Å². The Morgan fingerprint density at radius 3 is 2.56 bits per heavy atom. The summed E-state index contributed by atoms with van der Waals surface area (Å²) < 4.78 is 2.32. The highest BCUT2D eigenvalue weighted by Gasteiger charge is 2.16. The third-order valence-electron chi connectivity index (χ3n) is 2.52. The maximum atomic E-state index is 11.0. The quantitative estimate of drug-likeness (QED) is 0.698. The fourth-order valence-corrected chi connectivity index (χ4v) is 1.92. The molecule has 2 rings (SSSR count). The average molecular weight is 311 g/mol. The third-order valence-corrected chi connectivity index (χ3v) is 2.95. The van der Waals surface area contributed by atoms with E-state index in [0.29, 0.717) is 4.47 Å². The van der Waals surface area contributed by atoms with E-state index in [1.807, 2.05) is 26.0 Å². The Morgan fingerprint density at radius 2 is 2.00 bits per heavy atom. The Hall–Kier alpha value is -1.89. The highest BCUT2D eigenvalue weighted by molar-refractivity contribution is 9.10. The van der Waals surface area contributed by atoms with Gasteiger partial charge in [0.05, 0.1) is 4.92 Å². The van der Waals surface area contributed by atoms with Crippen molar-refractivity contribution < 1.29 is 4.92 Å². The summed E-state index contributed by atoms with van der Waals surface area (Å²) in [6.45, 7) is 3.81. The highest BCUT2D eigenvalue weighted by atomic mass is 79.9. The Labute approximate surface area is 112 Å². The number of nitrogens with zero attached hydrogens (tertiary/aromatic N) is 3. The van der Waals surface area contributed by atoms with Crippen LogP contribution >= 0.6 is 15.9 Å². The van der Waals surface area contributed by atoms with Crippen LogP contribution in [0, 0.1) is 24.0 Å². The zero-order valence-corrected chi connectivity index (χ0v) is 11.4. The number of anilines is 1. The van der Waals surface area contributed by atoms with Gasteiger partial charge in [-0.1, -0.05) is 0 Å². The molecule has 0 saturated heterocycles. The summed E-state index contributed by atoms with van der Waals surface area (Å²) in [6, 6.07) is 5.27. The van der Waals surface area contributed by atoms with Crippen molar-refractivity contribution in [3.05, 3.63) is 50.4 Å². The molecular formula is C11H11BrN4O2. The van der Waals surface area contributed by atoms with E-state index in [9.17, 15) is 10.1 Å². The van der Waals surface area contributed by atoms with E-state index in [2.05, 4.69) is 26.3 Å². The van der Waals surface area contributed by atoms with Crippen LogP contribution in [0.4, 0.5) is 11.5 Å². The van der Waals surface area contributed by atoms with Crippen LogP contribution in [0.5, 0.6) is 0 Å². The summed E-state index contributed by atoms with van der Waals surface area (Å²) in [6.07, 6.45) is 1.52. The first kappa shape index (κ1) is 12.6. The van der Waals surface area contributed by atoms with Crippen molar-refractivity contribution in [1.82, 2.24) is 9.66 Å². The van der Waals surface area contributed by atoms with Gasteiger partial charge < -0.3 is 0 Å².